The maximum absolute atomic E-state index is 9.93. The lowest BCUT2D eigenvalue weighted by atomic mass is 9.88. The van der Waals surface area contributed by atoms with E-state index in [0.717, 1.165) is 30.7 Å². The molecule has 0 aliphatic heterocycles. The highest BCUT2D eigenvalue weighted by atomic mass is 16.5. The normalized spacial score (nSPS) is 13.2. The molecule has 0 radical (unpaired) electrons. The lowest BCUT2D eigenvalue weighted by Gasteiger charge is -2.25. The highest BCUT2D eigenvalue weighted by Crippen LogP contribution is 2.20. The number of rotatable bonds is 10. The summed E-state index contributed by atoms with van der Waals surface area (Å²) < 4.78 is 5.57. The smallest absolute Gasteiger partial charge is 0.119 e. The van der Waals surface area contributed by atoms with Crippen molar-refractivity contribution < 1.29 is 14.9 Å². The molecule has 0 aliphatic rings. The summed E-state index contributed by atoms with van der Waals surface area (Å²) >= 11 is 0. The molecule has 1 rings (SSSR count). The summed E-state index contributed by atoms with van der Waals surface area (Å²) in [6.07, 6.45) is 1.25. The zero-order valence-electron chi connectivity index (χ0n) is 13.4. The van der Waals surface area contributed by atoms with Crippen LogP contribution in [0, 0.1) is 12.3 Å². The zero-order chi connectivity index (χ0) is 15.7. The van der Waals surface area contributed by atoms with Crippen molar-refractivity contribution in [3.63, 3.8) is 0 Å². The maximum Gasteiger partial charge on any atom is 0.119 e. The first-order valence-electron chi connectivity index (χ1n) is 7.62. The Morgan fingerprint density at radius 3 is 2.76 bits per heavy atom. The SMILES string of the molecule is Cc1cccc(OCC(O)CNCC(C)(C)CCCO)c1. The molecule has 0 amide bonds. The van der Waals surface area contributed by atoms with Crippen molar-refractivity contribution in [1.29, 1.82) is 0 Å². The monoisotopic (exact) mass is 295 g/mol. The molecule has 4 nitrogen and oxygen atoms in total. The van der Waals surface area contributed by atoms with E-state index in [2.05, 4.69) is 19.2 Å². The van der Waals surface area contributed by atoms with Gasteiger partial charge in [-0.1, -0.05) is 26.0 Å². The summed E-state index contributed by atoms with van der Waals surface area (Å²) in [5.41, 5.74) is 1.27. The van der Waals surface area contributed by atoms with Crippen LogP contribution in [0.4, 0.5) is 0 Å². The Hall–Kier alpha value is -1.10. The summed E-state index contributed by atoms with van der Waals surface area (Å²) in [5, 5.41) is 22.1. The van der Waals surface area contributed by atoms with Crippen molar-refractivity contribution in [2.24, 2.45) is 5.41 Å². The Balaban J connectivity index is 2.20. The van der Waals surface area contributed by atoms with Gasteiger partial charge in [0.05, 0.1) is 0 Å². The second-order valence-electron chi connectivity index (χ2n) is 6.40. The molecule has 0 aromatic heterocycles. The van der Waals surface area contributed by atoms with E-state index in [1.807, 2.05) is 31.2 Å². The molecular weight excluding hydrogens is 266 g/mol. The van der Waals surface area contributed by atoms with E-state index in [9.17, 15) is 5.11 Å². The third-order valence-corrected chi connectivity index (χ3v) is 3.43. The predicted molar refractivity (Wildman–Crippen MR) is 85.7 cm³/mol. The van der Waals surface area contributed by atoms with Crippen LogP contribution in [0.25, 0.3) is 0 Å². The van der Waals surface area contributed by atoms with E-state index in [0.29, 0.717) is 6.54 Å². The van der Waals surface area contributed by atoms with E-state index in [4.69, 9.17) is 9.84 Å². The Kier molecular flexibility index (Phi) is 7.72. The number of ether oxygens (including phenoxy) is 1. The fraction of sp³-hybridized carbons (Fsp3) is 0.647. The fourth-order valence-electron chi connectivity index (χ4n) is 2.18. The fourth-order valence-corrected chi connectivity index (χ4v) is 2.18. The number of aliphatic hydroxyl groups is 2. The van der Waals surface area contributed by atoms with Gasteiger partial charge in [-0.2, -0.15) is 0 Å². The van der Waals surface area contributed by atoms with Gasteiger partial charge in [-0.25, -0.2) is 0 Å². The number of benzene rings is 1. The van der Waals surface area contributed by atoms with Crippen LogP contribution in [0.15, 0.2) is 24.3 Å². The molecule has 21 heavy (non-hydrogen) atoms. The van der Waals surface area contributed by atoms with Gasteiger partial charge in [-0.15, -0.1) is 0 Å². The second-order valence-corrected chi connectivity index (χ2v) is 6.40. The first-order valence-corrected chi connectivity index (χ1v) is 7.62. The largest absolute Gasteiger partial charge is 0.491 e. The Morgan fingerprint density at radius 1 is 1.33 bits per heavy atom. The average Bonchev–Trinajstić information content (AvgIpc) is 2.43. The van der Waals surface area contributed by atoms with Gasteiger partial charge in [0.25, 0.3) is 0 Å². The minimum atomic E-state index is -0.529. The molecule has 1 unspecified atom stereocenters. The molecule has 1 aromatic rings. The maximum atomic E-state index is 9.93. The van der Waals surface area contributed by atoms with Gasteiger partial charge in [0.2, 0.25) is 0 Å². The molecule has 0 bridgehead atoms. The third kappa shape index (κ3) is 8.05. The third-order valence-electron chi connectivity index (χ3n) is 3.43. The first kappa shape index (κ1) is 18.0. The van der Waals surface area contributed by atoms with Crippen molar-refractivity contribution >= 4 is 0 Å². The van der Waals surface area contributed by atoms with Crippen LogP contribution in [-0.2, 0) is 0 Å². The minimum absolute atomic E-state index is 0.125. The van der Waals surface area contributed by atoms with Gasteiger partial charge >= 0.3 is 0 Å². The average molecular weight is 295 g/mol. The molecular formula is C17H29NO3. The van der Waals surface area contributed by atoms with E-state index < -0.39 is 6.10 Å². The van der Waals surface area contributed by atoms with Gasteiger partial charge < -0.3 is 20.3 Å². The Morgan fingerprint density at radius 2 is 2.10 bits per heavy atom. The highest BCUT2D eigenvalue weighted by Gasteiger charge is 2.17. The van der Waals surface area contributed by atoms with Gasteiger partial charge in [0, 0.05) is 19.7 Å². The summed E-state index contributed by atoms with van der Waals surface area (Å²) in [4.78, 5) is 0. The quantitative estimate of drug-likeness (QED) is 0.619. The number of hydrogen-bond acceptors (Lipinski definition) is 4. The summed E-state index contributed by atoms with van der Waals surface area (Å²) in [6.45, 7) is 8.17. The van der Waals surface area contributed by atoms with Gasteiger partial charge in [0.15, 0.2) is 0 Å². The van der Waals surface area contributed by atoms with Crippen molar-refractivity contribution in [1.82, 2.24) is 5.32 Å². The molecule has 0 saturated heterocycles. The van der Waals surface area contributed by atoms with Crippen LogP contribution in [0.3, 0.4) is 0 Å². The molecule has 0 spiro atoms. The summed E-state index contributed by atoms with van der Waals surface area (Å²) in [5.74, 6) is 0.789. The molecule has 3 N–H and O–H groups in total. The lowest BCUT2D eigenvalue weighted by molar-refractivity contribution is 0.103. The molecule has 4 heteroatoms. The highest BCUT2D eigenvalue weighted by molar-refractivity contribution is 5.27. The number of hydrogen-bond donors (Lipinski definition) is 3. The van der Waals surface area contributed by atoms with Crippen molar-refractivity contribution in [3.05, 3.63) is 29.8 Å². The van der Waals surface area contributed by atoms with Crippen LogP contribution < -0.4 is 10.1 Å². The van der Waals surface area contributed by atoms with Crippen LogP contribution in [0.5, 0.6) is 5.75 Å². The van der Waals surface area contributed by atoms with Crippen LogP contribution in [0.2, 0.25) is 0 Å². The topological polar surface area (TPSA) is 61.7 Å². The van der Waals surface area contributed by atoms with Crippen molar-refractivity contribution in [2.45, 2.75) is 39.7 Å². The van der Waals surface area contributed by atoms with Gasteiger partial charge in [-0.05, 0) is 42.9 Å². The van der Waals surface area contributed by atoms with E-state index in [-0.39, 0.29) is 18.6 Å². The predicted octanol–water partition coefficient (Wildman–Crippen LogP) is 2.12. The van der Waals surface area contributed by atoms with Crippen LogP contribution >= 0.6 is 0 Å². The van der Waals surface area contributed by atoms with Gasteiger partial charge in [0.1, 0.15) is 18.5 Å². The minimum Gasteiger partial charge on any atom is -0.491 e. The van der Waals surface area contributed by atoms with E-state index >= 15 is 0 Å². The molecule has 0 saturated carbocycles. The molecule has 1 atom stereocenters. The van der Waals surface area contributed by atoms with Crippen molar-refractivity contribution in [2.75, 3.05) is 26.3 Å². The molecule has 0 fully saturated rings. The zero-order valence-corrected chi connectivity index (χ0v) is 13.4. The van der Waals surface area contributed by atoms with E-state index in [1.165, 1.54) is 0 Å². The van der Waals surface area contributed by atoms with E-state index in [1.54, 1.807) is 0 Å². The second kappa shape index (κ2) is 9.03. The Labute approximate surface area is 128 Å². The Bertz CT molecular complexity index is 407. The lowest BCUT2D eigenvalue weighted by Crippen LogP contribution is -2.37. The number of aryl methyl sites for hydroxylation is 1. The molecule has 0 heterocycles. The summed E-state index contributed by atoms with van der Waals surface area (Å²) in [7, 11) is 0. The molecule has 0 aliphatic carbocycles. The van der Waals surface area contributed by atoms with Crippen LogP contribution in [0.1, 0.15) is 32.3 Å². The number of nitrogens with one attached hydrogen (secondary N) is 1. The van der Waals surface area contributed by atoms with Crippen molar-refractivity contribution in [3.8, 4) is 5.75 Å². The first-order chi connectivity index (χ1) is 9.93. The van der Waals surface area contributed by atoms with Crippen LogP contribution in [-0.4, -0.2) is 42.6 Å². The standard InChI is InChI=1S/C17H29NO3/c1-14-6-4-7-16(10-14)21-12-15(20)11-18-13-17(2,3)8-5-9-19/h4,6-7,10,15,18-20H,5,8-9,11-13H2,1-3H3. The molecule has 1 aromatic carbocycles. The van der Waals surface area contributed by atoms with Gasteiger partial charge in [-0.3, -0.25) is 0 Å². The summed E-state index contributed by atoms with van der Waals surface area (Å²) in [6, 6.07) is 7.81. The molecule has 120 valence electrons. The number of aliphatic hydroxyl groups excluding tert-OH is 2.